The van der Waals surface area contributed by atoms with Gasteiger partial charge in [0.1, 0.15) is 0 Å². The van der Waals surface area contributed by atoms with E-state index in [1.54, 1.807) is 12.4 Å². The molecule has 1 fully saturated rings. The summed E-state index contributed by atoms with van der Waals surface area (Å²) in [6.07, 6.45) is 5.32. The van der Waals surface area contributed by atoms with Gasteiger partial charge in [0.05, 0.1) is 12.2 Å². The van der Waals surface area contributed by atoms with Crippen LogP contribution in [0, 0.1) is 0 Å². The fourth-order valence-corrected chi connectivity index (χ4v) is 1.87. The van der Waals surface area contributed by atoms with Crippen molar-refractivity contribution in [2.75, 3.05) is 19.8 Å². The van der Waals surface area contributed by atoms with Crippen LogP contribution in [0.15, 0.2) is 24.5 Å². The standard InChI is InChI=1S/C12H18N2O2/c13-10-12(3-7-15-8-4-12)16-9-11-1-5-14-6-2-11/h1-2,5-6H,3-4,7-10,13H2. The van der Waals surface area contributed by atoms with Gasteiger partial charge in [-0.15, -0.1) is 0 Å². The van der Waals surface area contributed by atoms with Gasteiger partial charge in [-0.05, 0) is 17.7 Å². The molecular formula is C12H18N2O2. The zero-order valence-electron chi connectivity index (χ0n) is 9.39. The lowest BCUT2D eigenvalue weighted by atomic mass is 9.94. The van der Waals surface area contributed by atoms with Crippen LogP contribution in [0.2, 0.25) is 0 Å². The predicted molar refractivity (Wildman–Crippen MR) is 60.9 cm³/mol. The Hall–Kier alpha value is -0.970. The van der Waals surface area contributed by atoms with Crippen LogP contribution in [0.3, 0.4) is 0 Å². The highest BCUT2D eigenvalue weighted by Crippen LogP contribution is 2.25. The maximum Gasteiger partial charge on any atom is 0.0852 e. The number of ether oxygens (including phenoxy) is 2. The first kappa shape index (κ1) is 11.5. The van der Waals surface area contributed by atoms with Gasteiger partial charge >= 0.3 is 0 Å². The minimum absolute atomic E-state index is 0.193. The van der Waals surface area contributed by atoms with Gasteiger partial charge in [-0.1, -0.05) is 0 Å². The molecule has 88 valence electrons. The van der Waals surface area contributed by atoms with E-state index in [1.165, 1.54) is 0 Å². The molecule has 0 aliphatic carbocycles. The van der Waals surface area contributed by atoms with Crippen molar-refractivity contribution in [1.29, 1.82) is 0 Å². The molecule has 4 heteroatoms. The van der Waals surface area contributed by atoms with E-state index in [0.29, 0.717) is 13.2 Å². The molecule has 2 heterocycles. The van der Waals surface area contributed by atoms with Crippen molar-refractivity contribution < 1.29 is 9.47 Å². The van der Waals surface area contributed by atoms with Crippen molar-refractivity contribution in [2.24, 2.45) is 5.73 Å². The van der Waals surface area contributed by atoms with E-state index >= 15 is 0 Å². The Labute approximate surface area is 95.8 Å². The summed E-state index contributed by atoms with van der Waals surface area (Å²) in [6.45, 7) is 2.64. The lowest BCUT2D eigenvalue weighted by Gasteiger charge is -2.36. The smallest absolute Gasteiger partial charge is 0.0852 e. The number of hydrogen-bond acceptors (Lipinski definition) is 4. The molecule has 0 atom stereocenters. The maximum atomic E-state index is 5.97. The molecular weight excluding hydrogens is 204 g/mol. The van der Waals surface area contributed by atoms with Crippen molar-refractivity contribution >= 4 is 0 Å². The molecule has 1 aromatic heterocycles. The lowest BCUT2D eigenvalue weighted by molar-refractivity contribution is -0.112. The van der Waals surface area contributed by atoms with E-state index in [0.717, 1.165) is 31.6 Å². The minimum Gasteiger partial charge on any atom is -0.381 e. The van der Waals surface area contributed by atoms with E-state index in [9.17, 15) is 0 Å². The van der Waals surface area contributed by atoms with Gasteiger partial charge in [0.15, 0.2) is 0 Å². The summed E-state index contributed by atoms with van der Waals surface area (Å²) in [5, 5.41) is 0. The van der Waals surface area contributed by atoms with Gasteiger partial charge in [-0.2, -0.15) is 0 Å². The van der Waals surface area contributed by atoms with Crippen LogP contribution < -0.4 is 5.73 Å². The van der Waals surface area contributed by atoms with Crippen molar-refractivity contribution in [3.63, 3.8) is 0 Å². The number of hydrogen-bond donors (Lipinski definition) is 1. The van der Waals surface area contributed by atoms with E-state index in [2.05, 4.69) is 4.98 Å². The zero-order chi connectivity index (χ0) is 11.3. The number of nitrogens with two attached hydrogens (primary N) is 1. The molecule has 2 rings (SSSR count). The summed E-state index contributed by atoms with van der Waals surface area (Å²) in [5.74, 6) is 0. The maximum absolute atomic E-state index is 5.97. The Morgan fingerprint density at radius 3 is 2.62 bits per heavy atom. The zero-order valence-corrected chi connectivity index (χ0v) is 9.39. The fraction of sp³-hybridized carbons (Fsp3) is 0.583. The highest BCUT2D eigenvalue weighted by Gasteiger charge is 2.31. The highest BCUT2D eigenvalue weighted by atomic mass is 16.5. The first-order chi connectivity index (χ1) is 7.85. The van der Waals surface area contributed by atoms with Crippen LogP contribution in [0.5, 0.6) is 0 Å². The Morgan fingerprint density at radius 2 is 2.00 bits per heavy atom. The summed E-state index contributed by atoms with van der Waals surface area (Å²) < 4.78 is 11.3. The normalized spacial score (nSPS) is 19.6. The monoisotopic (exact) mass is 222 g/mol. The Bertz CT molecular complexity index is 310. The van der Waals surface area contributed by atoms with Crippen LogP contribution in [-0.4, -0.2) is 30.3 Å². The van der Waals surface area contributed by atoms with Crippen LogP contribution in [0.25, 0.3) is 0 Å². The van der Waals surface area contributed by atoms with Crippen molar-refractivity contribution in [2.45, 2.75) is 25.0 Å². The molecule has 0 aromatic carbocycles. The molecule has 0 unspecified atom stereocenters. The minimum atomic E-state index is -0.193. The average Bonchev–Trinajstić information content (AvgIpc) is 2.39. The number of aromatic nitrogens is 1. The molecule has 4 nitrogen and oxygen atoms in total. The molecule has 0 amide bonds. The Morgan fingerprint density at radius 1 is 1.31 bits per heavy atom. The van der Waals surface area contributed by atoms with Gasteiger partial charge in [-0.3, -0.25) is 4.98 Å². The van der Waals surface area contributed by atoms with Crippen molar-refractivity contribution in [3.05, 3.63) is 30.1 Å². The molecule has 1 aliphatic heterocycles. The Kier molecular flexibility index (Phi) is 3.88. The van der Waals surface area contributed by atoms with Gasteiger partial charge in [0, 0.05) is 45.0 Å². The van der Waals surface area contributed by atoms with Crippen LogP contribution in [0.4, 0.5) is 0 Å². The predicted octanol–water partition coefficient (Wildman–Crippen LogP) is 1.11. The summed E-state index contributed by atoms with van der Waals surface area (Å²) in [6, 6.07) is 3.92. The largest absolute Gasteiger partial charge is 0.381 e. The molecule has 0 radical (unpaired) electrons. The molecule has 0 bridgehead atoms. The van der Waals surface area contributed by atoms with E-state index < -0.39 is 0 Å². The third-order valence-corrected chi connectivity index (χ3v) is 3.07. The molecule has 1 aromatic rings. The van der Waals surface area contributed by atoms with Gasteiger partial charge < -0.3 is 15.2 Å². The average molecular weight is 222 g/mol. The third-order valence-electron chi connectivity index (χ3n) is 3.07. The SMILES string of the molecule is NCC1(OCc2ccncc2)CCOCC1. The van der Waals surface area contributed by atoms with Gasteiger partial charge in [-0.25, -0.2) is 0 Å². The molecule has 0 saturated carbocycles. The first-order valence-corrected chi connectivity index (χ1v) is 5.65. The van der Waals surface area contributed by atoms with E-state index in [1.807, 2.05) is 12.1 Å². The third kappa shape index (κ3) is 2.78. The summed E-state index contributed by atoms with van der Waals surface area (Å²) >= 11 is 0. The van der Waals surface area contributed by atoms with Crippen molar-refractivity contribution in [3.8, 4) is 0 Å². The second kappa shape index (κ2) is 5.39. The fourth-order valence-electron chi connectivity index (χ4n) is 1.87. The quantitative estimate of drug-likeness (QED) is 0.829. The van der Waals surface area contributed by atoms with Crippen LogP contribution >= 0.6 is 0 Å². The number of rotatable bonds is 4. The van der Waals surface area contributed by atoms with Gasteiger partial charge in [0.25, 0.3) is 0 Å². The molecule has 2 N–H and O–H groups in total. The lowest BCUT2D eigenvalue weighted by Crippen LogP contribution is -2.45. The van der Waals surface area contributed by atoms with Gasteiger partial charge in [0.2, 0.25) is 0 Å². The summed E-state index contributed by atoms with van der Waals surface area (Å²) in [4.78, 5) is 3.98. The number of pyridine rings is 1. The molecule has 1 saturated heterocycles. The first-order valence-electron chi connectivity index (χ1n) is 5.65. The molecule has 0 spiro atoms. The van der Waals surface area contributed by atoms with E-state index in [4.69, 9.17) is 15.2 Å². The summed E-state index contributed by atoms with van der Waals surface area (Å²) in [5.41, 5.74) is 6.75. The second-order valence-electron chi connectivity index (χ2n) is 4.14. The topological polar surface area (TPSA) is 57.4 Å². The highest BCUT2D eigenvalue weighted by molar-refractivity contribution is 5.08. The van der Waals surface area contributed by atoms with Crippen molar-refractivity contribution in [1.82, 2.24) is 4.98 Å². The van der Waals surface area contributed by atoms with Crippen LogP contribution in [-0.2, 0) is 16.1 Å². The molecule has 1 aliphatic rings. The summed E-state index contributed by atoms with van der Waals surface area (Å²) in [7, 11) is 0. The Balaban J connectivity index is 1.92. The molecule has 16 heavy (non-hydrogen) atoms. The van der Waals surface area contributed by atoms with Crippen LogP contribution in [0.1, 0.15) is 18.4 Å². The number of nitrogens with zero attached hydrogens (tertiary/aromatic N) is 1. The second-order valence-corrected chi connectivity index (χ2v) is 4.14. The van der Waals surface area contributed by atoms with E-state index in [-0.39, 0.29) is 5.60 Å².